The molecule has 4 nitrogen and oxygen atoms in total. The van der Waals surface area contributed by atoms with Gasteiger partial charge in [-0.15, -0.1) is 0 Å². The molecule has 2 aliphatic rings. The largest absolute Gasteiger partial charge is 0.389 e. The maximum Gasteiger partial charge on any atom is 0.0718 e. The van der Waals surface area contributed by atoms with Gasteiger partial charge in [0.1, 0.15) is 0 Å². The Morgan fingerprint density at radius 3 is 2.15 bits per heavy atom. The maximum absolute atomic E-state index is 9.89. The number of nitrogens with zero attached hydrogens (tertiary/aromatic N) is 2. The molecule has 2 unspecified atom stereocenters. The highest BCUT2D eigenvalue weighted by molar-refractivity contribution is 4.95. The Morgan fingerprint density at radius 2 is 1.70 bits per heavy atom. The molecule has 3 N–H and O–H groups in total. The first-order valence-electron chi connectivity index (χ1n) is 8.10. The predicted molar refractivity (Wildman–Crippen MR) is 83.7 cm³/mol. The standard InChI is InChI=1S/C16H33N3O/c1-15(2)6-5-13(14(15)17)11-18-7-9-19(10-8-18)12-16(3,4)20/h13-14,20H,5-12,17H2,1-4H3. The lowest BCUT2D eigenvalue weighted by atomic mass is 9.85. The Morgan fingerprint density at radius 1 is 1.15 bits per heavy atom. The van der Waals surface area contributed by atoms with E-state index >= 15 is 0 Å². The molecule has 4 heteroatoms. The second-order valence-corrected chi connectivity index (χ2v) is 8.20. The summed E-state index contributed by atoms with van der Waals surface area (Å²) in [5.74, 6) is 0.658. The number of β-amino-alcohol motifs (C(OH)–C–C–N with tert-alkyl or cyclic N) is 1. The summed E-state index contributed by atoms with van der Waals surface area (Å²) in [6, 6.07) is 0.344. The predicted octanol–water partition coefficient (Wildman–Crippen LogP) is 1.14. The molecule has 0 spiro atoms. The molecule has 0 aromatic rings. The van der Waals surface area contributed by atoms with Crippen LogP contribution in [-0.2, 0) is 0 Å². The molecule has 0 radical (unpaired) electrons. The van der Waals surface area contributed by atoms with Gasteiger partial charge in [-0.1, -0.05) is 13.8 Å². The van der Waals surface area contributed by atoms with Crippen LogP contribution in [0.4, 0.5) is 0 Å². The van der Waals surface area contributed by atoms with Gasteiger partial charge in [0.05, 0.1) is 5.60 Å². The zero-order chi connectivity index (χ0) is 15.0. The maximum atomic E-state index is 9.89. The number of piperazine rings is 1. The van der Waals surface area contributed by atoms with Gasteiger partial charge < -0.3 is 15.7 Å². The van der Waals surface area contributed by atoms with Crippen molar-refractivity contribution in [2.24, 2.45) is 17.1 Å². The molecule has 0 bridgehead atoms. The quantitative estimate of drug-likeness (QED) is 0.812. The van der Waals surface area contributed by atoms with Crippen LogP contribution in [0.1, 0.15) is 40.5 Å². The topological polar surface area (TPSA) is 52.7 Å². The van der Waals surface area contributed by atoms with Crippen LogP contribution in [0.15, 0.2) is 0 Å². The molecule has 0 aromatic heterocycles. The van der Waals surface area contributed by atoms with Crippen molar-refractivity contribution in [3.05, 3.63) is 0 Å². The van der Waals surface area contributed by atoms with Gasteiger partial charge in [-0.05, 0) is 38.0 Å². The summed E-state index contributed by atoms with van der Waals surface area (Å²) < 4.78 is 0. The molecule has 2 rings (SSSR count). The van der Waals surface area contributed by atoms with Gasteiger partial charge >= 0.3 is 0 Å². The lowest BCUT2D eigenvalue weighted by Crippen LogP contribution is -2.52. The van der Waals surface area contributed by atoms with Crippen molar-refractivity contribution in [1.82, 2.24) is 9.80 Å². The SMILES string of the molecule is CC(C)(O)CN1CCN(CC2CCC(C)(C)C2N)CC1. The van der Waals surface area contributed by atoms with Gasteiger partial charge in [-0.25, -0.2) is 0 Å². The normalized spacial score (nSPS) is 32.7. The van der Waals surface area contributed by atoms with Crippen LogP contribution in [0.3, 0.4) is 0 Å². The molecule has 20 heavy (non-hydrogen) atoms. The van der Waals surface area contributed by atoms with Crippen molar-refractivity contribution < 1.29 is 5.11 Å². The average molecular weight is 283 g/mol. The molecular weight excluding hydrogens is 250 g/mol. The molecule has 1 heterocycles. The fourth-order valence-corrected chi connectivity index (χ4v) is 3.76. The van der Waals surface area contributed by atoms with E-state index in [1.54, 1.807) is 0 Å². The molecule has 0 aromatic carbocycles. The first-order chi connectivity index (χ1) is 9.17. The van der Waals surface area contributed by atoms with E-state index in [1.165, 1.54) is 12.8 Å². The van der Waals surface area contributed by atoms with E-state index < -0.39 is 5.60 Å². The Hall–Kier alpha value is -0.160. The molecule has 2 fully saturated rings. The molecule has 2 atom stereocenters. The fraction of sp³-hybridized carbons (Fsp3) is 1.00. The molecule has 1 aliphatic heterocycles. The van der Waals surface area contributed by atoms with Crippen molar-refractivity contribution in [2.75, 3.05) is 39.3 Å². The van der Waals surface area contributed by atoms with Crippen LogP contribution >= 0.6 is 0 Å². The molecule has 1 saturated carbocycles. The van der Waals surface area contributed by atoms with E-state index in [-0.39, 0.29) is 0 Å². The van der Waals surface area contributed by atoms with Crippen LogP contribution in [0.25, 0.3) is 0 Å². The van der Waals surface area contributed by atoms with Crippen LogP contribution in [0, 0.1) is 11.3 Å². The first kappa shape index (κ1) is 16.2. The van der Waals surface area contributed by atoms with Crippen LogP contribution in [0.2, 0.25) is 0 Å². The second kappa shape index (κ2) is 5.91. The summed E-state index contributed by atoms with van der Waals surface area (Å²) in [5.41, 5.74) is 6.14. The van der Waals surface area contributed by atoms with Crippen molar-refractivity contribution >= 4 is 0 Å². The Labute approximate surface area is 124 Å². The minimum absolute atomic E-state index is 0.313. The highest BCUT2D eigenvalue weighted by Crippen LogP contribution is 2.40. The number of hydrogen-bond donors (Lipinski definition) is 2. The van der Waals surface area contributed by atoms with E-state index in [2.05, 4.69) is 23.6 Å². The highest BCUT2D eigenvalue weighted by Gasteiger charge is 2.40. The van der Waals surface area contributed by atoms with Gasteiger partial charge in [0.2, 0.25) is 0 Å². The average Bonchev–Trinajstić information content (AvgIpc) is 2.57. The van der Waals surface area contributed by atoms with Gasteiger partial charge in [0.15, 0.2) is 0 Å². The Bertz CT molecular complexity index is 316. The number of hydrogen-bond acceptors (Lipinski definition) is 4. The van der Waals surface area contributed by atoms with Crippen LogP contribution in [-0.4, -0.2) is 65.8 Å². The lowest BCUT2D eigenvalue weighted by molar-refractivity contribution is 0.0152. The third kappa shape index (κ3) is 4.17. The molecule has 0 amide bonds. The van der Waals surface area contributed by atoms with Gasteiger partial charge in [0.25, 0.3) is 0 Å². The van der Waals surface area contributed by atoms with Crippen molar-refractivity contribution in [3.63, 3.8) is 0 Å². The van der Waals surface area contributed by atoms with E-state index in [0.717, 1.165) is 39.3 Å². The lowest BCUT2D eigenvalue weighted by Gasteiger charge is -2.39. The molecule has 1 saturated heterocycles. The van der Waals surface area contributed by atoms with E-state index in [1.807, 2.05) is 13.8 Å². The van der Waals surface area contributed by atoms with E-state index in [9.17, 15) is 5.11 Å². The number of aliphatic hydroxyl groups is 1. The molecular formula is C16H33N3O. The summed E-state index contributed by atoms with van der Waals surface area (Å²) in [7, 11) is 0. The number of nitrogens with two attached hydrogens (primary N) is 1. The van der Waals surface area contributed by atoms with Crippen molar-refractivity contribution in [3.8, 4) is 0 Å². The van der Waals surface area contributed by atoms with Crippen LogP contribution in [0.5, 0.6) is 0 Å². The van der Waals surface area contributed by atoms with E-state index in [4.69, 9.17) is 5.73 Å². The third-order valence-electron chi connectivity index (χ3n) is 5.14. The highest BCUT2D eigenvalue weighted by atomic mass is 16.3. The molecule has 118 valence electrons. The smallest absolute Gasteiger partial charge is 0.0718 e. The Kier molecular flexibility index (Phi) is 4.80. The monoisotopic (exact) mass is 283 g/mol. The Balaban J connectivity index is 1.75. The van der Waals surface area contributed by atoms with Gasteiger partial charge in [0, 0.05) is 45.3 Å². The van der Waals surface area contributed by atoms with Gasteiger partial charge in [-0.3, -0.25) is 4.90 Å². The van der Waals surface area contributed by atoms with Crippen LogP contribution < -0.4 is 5.73 Å². The zero-order valence-electron chi connectivity index (χ0n) is 13.7. The number of rotatable bonds is 4. The molecule has 1 aliphatic carbocycles. The van der Waals surface area contributed by atoms with Crippen molar-refractivity contribution in [1.29, 1.82) is 0 Å². The second-order valence-electron chi connectivity index (χ2n) is 8.20. The fourth-order valence-electron chi connectivity index (χ4n) is 3.76. The van der Waals surface area contributed by atoms with Crippen molar-refractivity contribution in [2.45, 2.75) is 52.2 Å². The summed E-state index contributed by atoms with van der Waals surface area (Å²) >= 11 is 0. The minimum Gasteiger partial charge on any atom is -0.389 e. The third-order valence-corrected chi connectivity index (χ3v) is 5.14. The summed E-state index contributed by atoms with van der Waals surface area (Å²) in [6.45, 7) is 14.7. The summed E-state index contributed by atoms with van der Waals surface area (Å²) in [4.78, 5) is 4.93. The first-order valence-corrected chi connectivity index (χ1v) is 8.10. The zero-order valence-corrected chi connectivity index (χ0v) is 13.7. The summed E-state index contributed by atoms with van der Waals surface area (Å²) in [5, 5.41) is 9.89. The van der Waals surface area contributed by atoms with E-state index in [0.29, 0.717) is 17.4 Å². The minimum atomic E-state index is -0.583. The summed E-state index contributed by atoms with van der Waals surface area (Å²) in [6.07, 6.45) is 2.54. The van der Waals surface area contributed by atoms with Gasteiger partial charge in [-0.2, -0.15) is 0 Å².